The Balaban J connectivity index is 2.39. The second-order valence-electron chi connectivity index (χ2n) is 3.82. The number of aromatic nitrogens is 2. The van der Waals surface area contributed by atoms with Gasteiger partial charge in [-0.1, -0.05) is 30.3 Å². The summed E-state index contributed by atoms with van der Waals surface area (Å²) in [7, 11) is 1.54. The second-order valence-corrected chi connectivity index (χ2v) is 3.82. The Morgan fingerprint density at radius 3 is 2.65 bits per heavy atom. The van der Waals surface area contributed by atoms with Crippen LogP contribution in [0.25, 0.3) is 0 Å². The van der Waals surface area contributed by atoms with E-state index in [-0.39, 0.29) is 5.56 Å². The molecule has 1 heterocycles. The van der Waals surface area contributed by atoms with Crippen molar-refractivity contribution >= 4 is 0 Å². The summed E-state index contributed by atoms with van der Waals surface area (Å²) in [5.41, 5.74) is 1.58. The van der Waals surface area contributed by atoms with Crippen LogP contribution in [0.5, 0.6) is 5.88 Å². The molecule has 1 aromatic carbocycles. The summed E-state index contributed by atoms with van der Waals surface area (Å²) in [5.74, 6) is 0.457. The fourth-order valence-electron chi connectivity index (χ4n) is 1.61. The minimum atomic E-state index is -0.0883. The zero-order chi connectivity index (χ0) is 12.3. The van der Waals surface area contributed by atoms with E-state index in [2.05, 4.69) is 5.10 Å². The van der Waals surface area contributed by atoms with Crippen molar-refractivity contribution in [3.05, 3.63) is 57.9 Å². The Hall–Kier alpha value is -2.10. The summed E-state index contributed by atoms with van der Waals surface area (Å²) in [5, 5.41) is 4.13. The fraction of sp³-hybridized carbons (Fsp3) is 0.231. The van der Waals surface area contributed by atoms with Crippen molar-refractivity contribution in [3.8, 4) is 5.88 Å². The van der Waals surface area contributed by atoms with E-state index in [1.807, 2.05) is 30.3 Å². The summed E-state index contributed by atoms with van der Waals surface area (Å²) < 4.78 is 6.48. The predicted molar refractivity (Wildman–Crippen MR) is 65.3 cm³/mol. The van der Waals surface area contributed by atoms with Gasteiger partial charge in [-0.2, -0.15) is 0 Å². The average molecular weight is 230 g/mol. The van der Waals surface area contributed by atoms with Crippen molar-refractivity contribution in [2.45, 2.75) is 13.5 Å². The van der Waals surface area contributed by atoms with Gasteiger partial charge in [0, 0.05) is 11.6 Å². The van der Waals surface area contributed by atoms with E-state index in [1.165, 1.54) is 4.68 Å². The number of ether oxygens (including phenoxy) is 1. The van der Waals surface area contributed by atoms with Crippen LogP contribution in [0.2, 0.25) is 0 Å². The van der Waals surface area contributed by atoms with Gasteiger partial charge in [0.15, 0.2) is 0 Å². The topological polar surface area (TPSA) is 44.1 Å². The maximum atomic E-state index is 11.9. The Labute approximate surface area is 99.5 Å². The lowest BCUT2D eigenvalue weighted by Gasteiger charge is -2.07. The summed E-state index contributed by atoms with van der Waals surface area (Å²) in [4.78, 5) is 11.9. The van der Waals surface area contributed by atoms with E-state index >= 15 is 0 Å². The Morgan fingerprint density at radius 1 is 1.29 bits per heavy atom. The summed E-state index contributed by atoms with van der Waals surface area (Å²) in [6.07, 6.45) is 0. The van der Waals surface area contributed by atoms with Gasteiger partial charge in [-0.15, -0.1) is 5.10 Å². The zero-order valence-electron chi connectivity index (χ0n) is 9.88. The van der Waals surface area contributed by atoms with Gasteiger partial charge < -0.3 is 4.74 Å². The second kappa shape index (κ2) is 4.82. The molecule has 4 nitrogen and oxygen atoms in total. The van der Waals surface area contributed by atoms with Gasteiger partial charge in [0.25, 0.3) is 5.56 Å². The maximum absolute atomic E-state index is 11.9. The van der Waals surface area contributed by atoms with E-state index in [4.69, 9.17) is 4.74 Å². The largest absolute Gasteiger partial charge is 0.480 e. The third kappa shape index (κ3) is 2.53. The molecule has 0 N–H and O–H groups in total. The van der Waals surface area contributed by atoms with Gasteiger partial charge in [0.2, 0.25) is 5.88 Å². The molecule has 1 aromatic heterocycles. The number of methoxy groups -OCH3 is 1. The van der Waals surface area contributed by atoms with Crippen LogP contribution in [-0.2, 0) is 6.54 Å². The summed E-state index contributed by atoms with van der Waals surface area (Å²) in [6.45, 7) is 2.21. The van der Waals surface area contributed by atoms with Gasteiger partial charge in [0.05, 0.1) is 13.7 Å². The molecule has 17 heavy (non-hydrogen) atoms. The Bertz CT molecular complexity index is 561. The first-order valence-corrected chi connectivity index (χ1v) is 5.37. The summed E-state index contributed by atoms with van der Waals surface area (Å²) >= 11 is 0. The van der Waals surface area contributed by atoms with Crippen molar-refractivity contribution in [1.29, 1.82) is 0 Å². The quantitative estimate of drug-likeness (QED) is 0.804. The molecular formula is C13H14N2O2. The van der Waals surface area contributed by atoms with E-state index in [1.54, 1.807) is 20.1 Å². The van der Waals surface area contributed by atoms with Crippen molar-refractivity contribution in [1.82, 2.24) is 9.78 Å². The fourth-order valence-corrected chi connectivity index (χ4v) is 1.61. The lowest BCUT2D eigenvalue weighted by atomic mass is 10.2. The molecule has 4 heteroatoms. The maximum Gasteiger partial charge on any atom is 0.270 e. The molecule has 0 saturated carbocycles. The van der Waals surface area contributed by atoms with Gasteiger partial charge in [0.1, 0.15) is 0 Å². The van der Waals surface area contributed by atoms with E-state index in [0.717, 1.165) is 5.56 Å². The number of benzene rings is 1. The van der Waals surface area contributed by atoms with Crippen molar-refractivity contribution in [2.75, 3.05) is 7.11 Å². The first-order valence-electron chi connectivity index (χ1n) is 5.37. The van der Waals surface area contributed by atoms with Crippen LogP contribution in [0.3, 0.4) is 0 Å². The molecule has 0 amide bonds. The van der Waals surface area contributed by atoms with Crippen LogP contribution in [0.1, 0.15) is 11.1 Å². The number of aryl methyl sites for hydroxylation is 1. The third-order valence-corrected chi connectivity index (χ3v) is 2.52. The van der Waals surface area contributed by atoms with E-state index < -0.39 is 0 Å². The Morgan fingerprint density at radius 2 is 2.00 bits per heavy atom. The van der Waals surface area contributed by atoms with E-state index in [9.17, 15) is 4.79 Å². The molecule has 0 unspecified atom stereocenters. The van der Waals surface area contributed by atoms with Crippen LogP contribution in [0.15, 0.2) is 41.2 Å². The van der Waals surface area contributed by atoms with E-state index in [0.29, 0.717) is 18.0 Å². The molecular weight excluding hydrogens is 216 g/mol. The average Bonchev–Trinajstić information content (AvgIpc) is 2.36. The molecule has 0 spiro atoms. The smallest absolute Gasteiger partial charge is 0.270 e. The zero-order valence-corrected chi connectivity index (χ0v) is 9.88. The van der Waals surface area contributed by atoms with Crippen molar-refractivity contribution < 1.29 is 4.74 Å². The lowest BCUT2D eigenvalue weighted by Crippen LogP contribution is -2.25. The highest BCUT2D eigenvalue weighted by molar-refractivity contribution is 5.18. The number of hydrogen-bond acceptors (Lipinski definition) is 3. The SMILES string of the molecule is COc1cc(C)c(=O)n(Cc2ccccc2)n1. The van der Waals surface area contributed by atoms with Gasteiger partial charge in [-0.25, -0.2) is 4.68 Å². The molecule has 0 radical (unpaired) electrons. The normalized spacial score (nSPS) is 10.2. The first-order chi connectivity index (χ1) is 8.20. The van der Waals surface area contributed by atoms with Gasteiger partial charge >= 0.3 is 0 Å². The van der Waals surface area contributed by atoms with Crippen LogP contribution < -0.4 is 10.3 Å². The Kier molecular flexibility index (Phi) is 3.23. The molecule has 0 atom stereocenters. The molecule has 0 fully saturated rings. The highest BCUT2D eigenvalue weighted by Gasteiger charge is 2.05. The molecule has 0 aliphatic heterocycles. The number of hydrogen-bond donors (Lipinski definition) is 0. The highest BCUT2D eigenvalue weighted by Crippen LogP contribution is 2.06. The molecule has 0 saturated heterocycles. The van der Waals surface area contributed by atoms with Crippen LogP contribution in [-0.4, -0.2) is 16.9 Å². The first kappa shape index (κ1) is 11.4. The summed E-state index contributed by atoms with van der Waals surface area (Å²) in [6, 6.07) is 11.4. The molecule has 0 aliphatic rings. The van der Waals surface area contributed by atoms with Crippen LogP contribution in [0.4, 0.5) is 0 Å². The standard InChI is InChI=1S/C13H14N2O2/c1-10-8-12(17-2)14-15(13(10)16)9-11-6-4-3-5-7-11/h3-8H,9H2,1-2H3. The molecule has 88 valence electrons. The highest BCUT2D eigenvalue weighted by atomic mass is 16.5. The van der Waals surface area contributed by atoms with Crippen molar-refractivity contribution in [2.24, 2.45) is 0 Å². The minimum absolute atomic E-state index is 0.0883. The molecule has 2 aromatic rings. The monoisotopic (exact) mass is 230 g/mol. The van der Waals surface area contributed by atoms with Crippen LogP contribution >= 0.6 is 0 Å². The van der Waals surface area contributed by atoms with Gasteiger partial charge in [-0.3, -0.25) is 4.79 Å². The molecule has 0 bridgehead atoms. The minimum Gasteiger partial charge on any atom is -0.480 e. The third-order valence-electron chi connectivity index (χ3n) is 2.52. The molecule has 0 aliphatic carbocycles. The lowest BCUT2D eigenvalue weighted by molar-refractivity contribution is 0.378. The number of rotatable bonds is 3. The van der Waals surface area contributed by atoms with Crippen molar-refractivity contribution in [3.63, 3.8) is 0 Å². The van der Waals surface area contributed by atoms with Crippen LogP contribution in [0, 0.1) is 6.92 Å². The predicted octanol–water partition coefficient (Wildman–Crippen LogP) is 1.61. The number of nitrogens with zero attached hydrogens (tertiary/aromatic N) is 2. The van der Waals surface area contributed by atoms with Gasteiger partial charge in [-0.05, 0) is 12.5 Å². The molecule has 2 rings (SSSR count).